The Morgan fingerprint density at radius 2 is 2.03 bits per heavy atom. The number of aromatic nitrogens is 1. The van der Waals surface area contributed by atoms with Crippen LogP contribution in [0.1, 0.15) is 34.5 Å². The Balaban J connectivity index is 1.29. The van der Waals surface area contributed by atoms with E-state index in [2.05, 4.69) is 10.1 Å². The maximum atomic E-state index is 14.0. The molecular formula is C24H22FN3O2. The number of amides is 1. The molecule has 2 aliphatic rings. The zero-order chi connectivity index (χ0) is 20.7. The van der Waals surface area contributed by atoms with Crippen LogP contribution in [0.3, 0.4) is 0 Å². The fourth-order valence-corrected chi connectivity index (χ4v) is 4.45. The molecule has 0 radical (unpaired) electrons. The molecule has 0 saturated carbocycles. The summed E-state index contributed by atoms with van der Waals surface area (Å²) < 4.78 is 19.3. The summed E-state index contributed by atoms with van der Waals surface area (Å²) in [5.74, 6) is 0.627. The van der Waals surface area contributed by atoms with Gasteiger partial charge in [0.15, 0.2) is 0 Å². The molecule has 30 heavy (non-hydrogen) atoms. The van der Waals surface area contributed by atoms with Gasteiger partial charge in [-0.15, -0.1) is 0 Å². The first-order valence-corrected chi connectivity index (χ1v) is 10.2. The topological polar surface area (TPSA) is 58.7 Å². The summed E-state index contributed by atoms with van der Waals surface area (Å²) in [6.07, 6.45) is 2.26. The standard InChI is InChI=1S/C24H22FN3O2/c1-15-22(23(27-30-15)17-6-3-2-4-7-17)24(29)28-11-10-16(14-28)12-18-13-19-20(25)8-5-9-21(19)26-18/h2-9,16H,10-14H2,1H3/t16-/m0/s1. The molecule has 0 aliphatic carbocycles. The highest BCUT2D eigenvalue weighted by molar-refractivity contribution is 6.01. The Morgan fingerprint density at radius 1 is 1.20 bits per heavy atom. The molecule has 152 valence electrons. The van der Waals surface area contributed by atoms with E-state index in [9.17, 15) is 9.18 Å². The molecule has 1 fully saturated rings. The molecule has 3 heterocycles. The van der Waals surface area contributed by atoms with Crippen molar-refractivity contribution in [3.63, 3.8) is 0 Å². The SMILES string of the molecule is Cc1onc(-c2ccccc2)c1C(=O)N1CC[C@@H](CC2=Nc3cccc(F)c3C2)C1. The molecule has 5 nitrogen and oxygen atoms in total. The van der Waals surface area contributed by atoms with Crippen molar-refractivity contribution >= 4 is 17.3 Å². The number of fused-ring (bicyclic) bond motifs is 1. The van der Waals surface area contributed by atoms with E-state index in [4.69, 9.17) is 4.52 Å². The first-order chi connectivity index (χ1) is 14.6. The number of hydrogen-bond acceptors (Lipinski definition) is 4. The number of carbonyl (C=O) groups excluding carboxylic acids is 1. The van der Waals surface area contributed by atoms with Gasteiger partial charge in [-0.25, -0.2) is 4.39 Å². The molecule has 0 bridgehead atoms. The van der Waals surface area contributed by atoms with Crippen LogP contribution in [0, 0.1) is 18.7 Å². The van der Waals surface area contributed by atoms with Crippen molar-refractivity contribution in [3.8, 4) is 11.3 Å². The van der Waals surface area contributed by atoms with Crippen LogP contribution in [0.4, 0.5) is 10.1 Å². The van der Waals surface area contributed by atoms with Gasteiger partial charge in [-0.3, -0.25) is 9.79 Å². The molecule has 1 saturated heterocycles. The lowest BCUT2D eigenvalue weighted by Gasteiger charge is -2.17. The Labute approximate surface area is 174 Å². The van der Waals surface area contributed by atoms with Gasteiger partial charge in [-0.1, -0.05) is 41.6 Å². The first-order valence-electron chi connectivity index (χ1n) is 10.2. The lowest BCUT2D eigenvalue weighted by molar-refractivity contribution is 0.0786. The second-order valence-electron chi connectivity index (χ2n) is 8.03. The van der Waals surface area contributed by atoms with Gasteiger partial charge in [0, 0.05) is 36.3 Å². The highest BCUT2D eigenvalue weighted by Crippen LogP contribution is 2.33. The minimum atomic E-state index is -0.189. The van der Waals surface area contributed by atoms with E-state index in [-0.39, 0.29) is 11.7 Å². The number of aryl methyl sites for hydroxylation is 1. The number of halogens is 1. The number of benzene rings is 2. The normalized spacial score (nSPS) is 17.9. The number of likely N-dealkylation sites (tertiary alicyclic amines) is 1. The predicted octanol–water partition coefficient (Wildman–Crippen LogP) is 4.97. The number of hydrogen-bond donors (Lipinski definition) is 0. The highest BCUT2D eigenvalue weighted by Gasteiger charge is 2.32. The summed E-state index contributed by atoms with van der Waals surface area (Å²) in [5, 5.41) is 4.13. The molecule has 6 heteroatoms. The van der Waals surface area contributed by atoms with Gasteiger partial charge >= 0.3 is 0 Å². The molecular weight excluding hydrogens is 381 g/mol. The Hall–Kier alpha value is -3.28. The average molecular weight is 403 g/mol. The van der Waals surface area contributed by atoms with Crippen LogP contribution in [0.25, 0.3) is 11.3 Å². The monoisotopic (exact) mass is 403 g/mol. The Kier molecular flexibility index (Phi) is 4.69. The van der Waals surface area contributed by atoms with E-state index in [0.717, 1.165) is 29.8 Å². The minimum absolute atomic E-state index is 0.0437. The maximum Gasteiger partial charge on any atom is 0.259 e. The lowest BCUT2D eigenvalue weighted by atomic mass is 9.98. The van der Waals surface area contributed by atoms with Gasteiger partial charge in [0.1, 0.15) is 22.8 Å². The van der Waals surface area contributed by atoms with Crippen molar-refractivity contribution in [1.29, 1.82) is 0 Å². The fraction of sp³-hybridized carbons (Fsp3) is 0.292. The van der Waals surface area contributed by atoms with E-state index < -0.39 is 0 Å². The first kappa shape index (κ1) is 18.7. The predicted molar refractivity (Wildman–Crippen MR) is 113 cm³/mol. The summed E-state index contributed by atoms with van der Waals surface area (Å²) in [6.45, 7) is 3.13. The van der Waals surface area contributed by atoms with Crippen LogP contribution in [0.2, 0.25) is 0 Å². The molecule has 5 rings (SSSR count). The number of rotatable bonds is 4. The molecule has 2 aromatic carbocycles. The molecule has 1 amide bonds. The quantitative estimate of drug-likeness (QED) is 0.618. The smallest absolute Gasteiger partial charge is 0.259 e. The van der Waals surface area contributed by atoms with Crippen LogP contribution in [-0.2, 0) is 6.42 Å². The van der Waals surface area contributed by atoms with Crippen molar-refractivity contribution in [2.75, 3.05) is 13.1 Å². The molecule has 0 N–H and O–H groups in total. The Morgan fingerprint density at radius 3 is 2.83 bits per heavy atom. The molecule has 0 spiro atoms. The molecule has 0 unspecified atom stereocenters. The van der Waals surface area contributed by atoms with Crippen molar-refractivity contribution in [3.05, 3.63) is 71.2 Å². The van der Waals surface area contributed by atoms with Crippen LogP contribution in [-0.4, -0.2) is 34.8 Å². The highest BCUT2D eigenvalue weighted by atomic mass is 19.1. The van der Waals surface area contributed by atoms with Gasteiger partial charge in [-0.2, -0.15) is 0 Å². The van der Waals surface area contributed by atoms with E-state index in [1.165, 1.54) is 6.07 Å². The molecule has 2 aliphatic heterocycles. The fourth-order valence-electron chi connectivity index (χ4n) is 4.45. The summed E-state index contributed by atoms with van der Waals surface area (Å²) in [5.41, 5.74) is 4.42. The zero-order valence-corrected chi connectivity index (χ0v) is 16.8. The van der Waals surface area contributed by atoms with E-state index in [1.54, 1.807) is 13.0 Å². The second-order valence-corrected chi connectivity index (χ2v) is 8.03. The number of carbonyl (C=O) groups is 1. The summed E-state index contributed by atoms with van der Waals surface area (Å²) in [6, 6.07) is 14.7. The third kappa shape index (κ3) is 3.32. The third-order valence-corrected chi connectivity index (χ3v) is 5.97. The van der Waals surface area contributed by atoms with Crippen LogP contribution >= 0.6 is 0 Å². The summed E-state index contributed by atoms with van der Waals surface area (Å²) >= 11 is 0. The molecule has 1 aromatic heterocycles. The van der Waals surface area contributed by atoms with Gasteiger partial charge in [-0.05, 0) is 37.8 Å². The maximum absolute atomic E-state index is 14.0. The largest absolute Gasteiger partial charge is 0.360 e. The zero-order valence-electron chi connectivity index (χ0n) is 16.8. The second kappa shape index (κ2) is 7.52. The number of aliphatic imine (C=N–C) groups is 1. The van der Waals surface area contributed by atoms with Gasteiger partial charge in [0.25, 0.3) is 5.91 Å². The van der Waals surface area contributed by atoms with Crippen molar-refractivity contribution < 1.29 is 13.7 Å². The Bertz CT molecular complexity index is 1140. The molecule has 1 atom stereocenters. The summed E-state index contributed by atoms with van der Waals surface area (Å²) in [7, 11) is 0. The number of nitrogens with zero attached hydrogens (tertiary/aromatic N) is 3. The van der Waals surface area contributed by atoms with E-state index in [1.807, 2.05) is 41.3 Å². The van der Waals surface area contributed by atoms with E-state index >= 15 is 0 Å². The van der Waals surface area contributed by atoms with Gasteiger partial charge < -0.3 is 9.42 Å². The van der Waals surface area contributed by atoms with Crippen molar-refractivity contribution in [2.45, 2.75) is 26.2 Å². The van der Waals surface area contributed by atoms with Gasteiger partial charge in [0.05, 0.1) is 5.69 Å². The molecule has 3 aromatic rings. The van der Waals surface area contributed by atoms with Crippen molar-refractivity contribution in [1.82, 2.24) is 10.1 Å². The minimum Gasteiger partial charge on any atom is -0.360 e. The average Bonchev–Trinajstić information content (AvgIpc) is 3.47. The van der Waals surface area contributed by atoms with Crippen LogP contribution in [0.15, 0.2) is 58.0 Å². The lowest BCUT2D eigenvalue weighted by Crippen LogP contribution is -2.29. The van der Waals surface area contributed by atoms with Crippen LogP contribution < -0.4 is 0 Å². The van der Waals surface area contributed by atoms with Crippen molar-refractivity contribution in [2.24, 2.45) is 10.9 Å². The third-order valence-electron chi connectivity index (χ3n) is 5.97. The summed E-state index contributed by atoms with van der Waals surface area (Å²) in [4.78, 5) is 19.8. The van der Waals surface area contributed by atoms with E-state index in [0.29, 0.717) is 48.0 Å². The van der Waals surface area contributed by atoms with Gasteiger partial charge in [0.2, 0.25) is 0 Å². The van der Waals surface area contributed by atoms with Crippen LogP contribution in [0.5, 0.6) is 0 Å².